The van der Waals surface area contributed by atoms with Crippen molar-refractivity contribution in [2.45, 2.75) is 17.9 Å². The minimum Gasteiger partial charge on any atom is -0.271 e. The highest BCUT2D eigenvalue weighted by Crippen LogP contribution is 2.32. The highest BCUT2D eigenvalue weighted by Gasteiger charge is 2.47. The Hall–Kier alpha value is -2.59. The van der Waals surface area contributed by atoms with Crippen molar-refractivity contribution in [2.75, 3.05) is 4.72 Å². The molecule has 2 rings (SSSR count). The smallest absolute Gasteiger partial charge is 0.271 e. The van der Waals surface area contributed by atoms with Crippen molar-refractivity contribution in [1.29, 1.82) is 0 Å². The molecular formula is C10H4F9N5O2S. The molecule has 0 aliphatic carbocycles. The number of halogens is 9. The van der Waals surface area contributed by atoms with E-state index in [1.165, 1.54) is 0 Å². The van der Waals surface area contributed by atoms with Crippen molar-refractivity contribution < 1.29 is 47.9 Å². The molecule has 2 aromatic heterocycles. The summed E-state index contributed by atoms with van der Waals surface area (Å²) in [6, 6.07) is 0.289. The monoisotopic (exact) mass is 429 g/mol. The predicted molar refractivity (Wildman–Crippen MR) is 67.8 cm³/mol. The van der Waals surface area contributed by atoms with Gasteiger partial charge in [-0.3, -0.25) is 4.72 Å². The van der Waals surface area contributed by atoms with E-state index in [0.29, 0.717) is 6.20 Å². The summed E-state index contributed by atoms with van der Waals surface area (Å²) in [6.07, 6.45) is -9.81. The standard InChI is InChI=1S/C10H4F9N5O2S/c11-8(12,13)5-1-2-24(22-5)6-4(23-27(25,26)10(17,18)19)3-20-7(21-6)9(14,15)16/h1-3,23H. The zero-order valence-electron chi connectivity index (χ0n) is 12.1. The zero-order chi connectivity index (χ0) is 20.8. The topological polar surface area (TPSA) is 89.8 Å². The van der Waals surface area contributed by atoms with E-state index in [0.717, 1.165) is 4.72 Å². The number of sulfonamides is 1. The van der Waals surface area contributed by atoms with Crippen LogP contribution in [0.25, 0.3) is 5.82 Å². The van der Waals surface area contributed by atoms with Crippen molar-refractivity contribution in [3.05, 3.63) is 30.0 Å². The van der Waals surface area contributed by atoms with E-state index in [9.17, 15) is 47.9 Å². The molecule has 150 valence electrons. The predicted octanol–water partition coefficient (Wildman–Crippen LogP) is 2.96. The summed E-state index contributed by atoms with van der Waals surface area (Å²) in [5.41, 5.74) is -8.76. The molecular weight excluding hydrogens is 425 g/mol. The van der Waals surface area contributed by atoms with Crippen LogP contribution in [0.15, 0.2) is 18.5 Å². The van der Waals surface area contributed by atoms with Crippen molar-refractivity contribution in [2.24, 2.45) is 0 Å². The van der Waals surface area contributed by atoms with Crippen LogP contribution in [0.2, 0.25) is 0 Å². The number of rotatable bonds is 3. The van der Waals surface area contributed by atoms with E-state index in [4.69, 9.17) is 0 Å². The molecule has 0 bridgehead atoms. The Balaban J connectivity index is 2.63. The zero-order valence-corrected chi connectivity index (χ0v) is 13.0. The van der Waals surface area contributed by atoms with Crippen LogP contribution in [-0.4, -0.2) is 33.7 Å². The van der Waals surface area contributed by atoms with Crippen molar-refractivity contribution in [1.82, 2.24) is 19.7 Å². The van der Waals surface area contributed by atoms with Crippen LogP contribution in [-0.2, 0) is 22.4 Å². The van der Waals surface area contributed by atoms with Gasteiger partial charge in [0.2, 0.25) is 5.82 Å². The lowest BCUT2D eigenvalue weighted by Crippen LogP contribution is -2.31. The van der Waals surface area contributed by atoms with Gasteiger partial charge in [0.05, 0.1) is 6.20 Å². The summed E-state index contributed by atoms with van der Waals surface area (Å²) in [4.78, 5) is 5.44. The van der Waals surface area contributed by atoms with Crippen molar-refractivity contribution >= 4 is 15.7 Å². The molecule has 1 N–H and O–H groups in total. The molecule has 0 aliphatic rings. The number of anilines is 1. The lowest BCUT2D eigenvalue weighted by Gasteiger charge is -2.14. The van der Waals surface area contributed by atoms with Crippen molar-refractivity contribution in [3.8, 4) is 5.82 Å². The number of nitrogens with one attached hydrogen (secondary N) is 1. The summed E-state index contributed by atoms with van der Waals surface area (Å²) in [6.45, 7) is 0. The largest absolute Gasteiger partial charge is 0.516 e. The van der Waals surface area contributed by atoms with Crippen LogP contribution in [0.4, 0.5) is 45.2 Å². The van der Waals surface area contributed by atoms with Crippen molar-refractivity contribution in [3.63, 3.8) is 0 Å². The first-order chi connectivity index (χ1) is 12.0. The Kier molecular flexibility index (Phi) is 4.79. The maximum absolute atomic E-state index is 12.7. The van der Waals surface area contributed by atoms with Gasteiger partial charge in [0.1, 0.15) is 5.69 Å². The fraction of sp³-hybridized carbons (Fsp3) is 0.300. The normalized spacial score (nSPS) is 13.7. The lowest BCUT2D eigenvalue weighted by molar-refractivity contribution is -0.145. The third kappa shape index (κ3) is 4.40. The summed E-state index contributed by atoms with van der Waals surface area (Å²) in [5.74, 6) is -3.25. The van der Waals surface area contributed by atoms with E-state index in [1.807, 2.05) is 0 Å². The molecule has 0 saturated heterocycles. The molecule has 2 aromatic rings. The average Bonchev–Trinajstić information content (AvgIpc) is 2.94. The Morgan fingerprint density at radius 2 is 1.56 bits per heavy atom. The van der Waals surface area contributed by atoms with Crippen LogP contribution in [0.5, 0.6) is 0 Å². The molecule has 0 aliphatic heterocycles. The van der Waals surface area contributed by atoms with Crippen LogP contribution in [0, 0.1) is 0 Å². The number of nitrogens with zero attached hydrogens (tertiary/aromatic N) is 4. The van der Waals surface area contributed by atoms with Gasteiger partial charge in [-0.15, -0.1) is 0 Å². The maximum Gasteiger partial charge on any atom is 0.516 e. The molecule has 0 saturated carbocycles. The first kappa shape index (κ1) is 20.7. The second kappa shape index (κ2) is 6.24. The average molecular weight is 429 g/mol. The molecule has 0 spiro atoms. The van der Waals surface area contributed by atoms with E-state index in [2.05, 4.69) is 15.1 Å². The first-order valence-corrected chi connectivity index (χ1v) is 7.67. The number of hydrogen-bond acceptors (Lipinski definition) is 5. The van der Waals surface area contributed by atoms with E-state index in [-0.39, 0.29) is 16.9 Å². The number of aromatic nitrogens is 4. The van der Waals surface area contributed by atoms with Gasteiger partial charge in [-0.1, -0.05) is 0 Å². The van der Waals surface area contributed by atoms with E-state index in [1.54, 1.807) is 0 Å². The van der Waals surface area contributed by atoms with Gasteiger partial charge in [0.25, 0.3) is 0 Å². The summed E-state index contributed by atoms with van der Waals surface area (Å²) in [5, 5.41) is 2.85. The minimum atomic E-state index is -6.13. The molecule has 0 amide bonds. The SMILES string of the molecule is O=S(=O)(Nc1cnc(C(F)(F)F)nc1-n1ccc(C(F)(F)F)n1)C(F)(F)F. The Bertz CT molecular complexity index is 945. The molecule has 0 unspecified atom stereocenters. The molecule has 17 heteroatoms. The third-order valence-electron chi connectivity index (χ3n) is 2.67. The van der Waals surface area contributed by atoms with Crippen LogP contribution < -0.4 is 4.72 Å². The highest BCUT2D eigenvalue weighted by atomic mass is 32.2. The third-order valence-corrected chi connectivity index (χ3v) is 3.77. The summed E-state index contributed by atoms with van der Waals surface area (Å²) >= 11 is 0. The second-order valence-corrected chi connectivity index (χ2v) is 6.30. The Labute approximate surface area is 142 Å². The van der Waals surface area contributed by atoms with Crippen LogP contribution >= 0.6 is 0 Å². The fourth-order valence-electron chi connectivity index (χ4n) is 1.55. The molecule has 0 fully saturated rings. The summed E-state index contributed by atoms with van der Waals surface area (Å²) in [7, 11) is -6.13. The number of hydrogen-bond donors (Lipinski definition) is 1. The van der Waals surface area contributed by atoms with Crippen LogP contribution in [0.3, 0.4) is 0 Å². The van der Waals surface area contributed by atoms with E-state index >= 15 is 0 Å². The van der Waals surface area contributed by atoms with Gasteiger partial charge in [0, 0.05) is 6.20 Å². The molecule has 7 nitrogen and oxygen atoms in total. The first-order valence-electron chi connectivity index (χ1n) is 6.19. The van der Waals surface area contributed by atoms with Gasteiger partial charge in [-0.2, -0.15) is 53.0 Å². The van der Waals surface area contributed by atoms with E-state index < -0.39 is 50.9 Å². The highest BCUT2D eigenvalue weighted by molar-refractivity contribution is 7.93. The van der Waals surface area contributed by atoms with Gasteiger partial charge in [-0.25, -0.2) is 14.6 Å². The summed E-state index contributed by atoms with van der Waals surface area (Å²) < 4.78 is 136. The quantitative estimate of drug-likeness (QED) is 0.758. The van der Waals surface area contributed by atoms with Gasteiger partial charge in [0.15, 0.2) is 11.5 Å². The molecule has 0 radical (unpaired) electrons. The molecule has 0 aromatic carbocycles. The van der Waals surface area contributed by atoms with Gasteiger partial charge < -0.3 is 0 Å². The molecule has 0 atom stereocenters. The fourth-order valence-corrected chi connectivity index (χ4v) is 2.10. The Morgan fingerprint density at radius 1 is 0.963 bits per heavy atom. The number of alkyl halides is 9. The minimum absolute atomic E-state index is 0.0173. The lowest BCUT2D eigenvalue weighted by atomic mass is 10.4. The van der Waals surface area contributed by atoms with Gasteiger partial charge in [-0.05, 0) is 6.07 Å². The molecule has 2 heterocycles. The van der Waals surface area contributed by atoms with Gasteiger partial charge >= 0.3 is 27.9 Å². The maximum atomic E-state index is 12.7. The second-order valence-electron chi connectivity index (χ2n) is 4.62. The van der Waals surface area contributed by atoms with Crippen LogP contribution in [0.1, 0.15) is 11.5 Å². The Morgan fingerprint density at radius 3 is 2.00 bits per heavy atom. The molecule has 27 heavy (non-hydrogen) atoms.